The lowest BCUT2D eigenvalue weighted by atomic mass is 9.98. The van der Waals surface area contributed by atoms with Crippen LogP contribution in [0.2, 0.25) is 0 Å². The first-order chi connectivity index (χ1) is 23.7. The molecule has 0 saturated carbocycles. The Morgan fingerprint density at radius 3 is 1.02 bits per heavy atom. The second kappa shape index (κ2) is 12.4. The van der Waals surface area contributed by atoms with Gasteiger partial charge < -0.3 is 9.47 Å². The Labute approximate surface area is 278 Å². The average Bonchev–Trinajstić information content (AvgIpc) is 3.17. The number of rotatable bonds is 7. The van der Waals surface area contributed by atoms with E-state index in [-0.39, 0.29) is 0 Å². The third-order valence-corrected chi connectivity index (χ3v) is 8.50. The molecule has 0 aliphatic heterocycles. The molecule has 6 aromatic carbocycles. The number of ether oxygens (including phenoxy) is 2. The molecule has 0 amide bonds. The molecule has 8 aromatic rings. The topological polar surface area (TPSA) is 70.0 Å². The van der Waals surface area contributed by atoms with Gasteiger partial charge in [-0.1, -0.05) is 121 Å². The lowest BCUT2D eigenvalue weighted by molar-refractivity contribution is 0.418. The highest BCUT2D eigenvalue weighted by molar-refractivity contribution is 5.91. The van der Waals surface area contributed by atoms with Gasteiger partial charge in [0.15, 0.2) is 0 Å². The number of para-hydroxylation sites is 2. The fourth-order valence-corrected chi connectivity index (χ4v) is 6.07. The molecule has 0 aliphatic carbocycles. The van der Waals surface area contributed by atoms with E-state index in [2.05, 4.69) is 72.8 Å². The standard InChI is InChI=1S/C42H30N4O2/c1-47-35-17-9-15-33-41(35)45-39(37(43-33)29-11-5-3-6-12-29)31-23-19-27(20-24-31)28-21-25-32(26-22-28)40-38(30-13-7-4-8-14-30)44-34-16-10-18-36(48-2)42(34)46-40/h3-26H,1-2H3. The molecule has 2 heterocycles. The molecule has 0 radical (unpaired) electrons. The normalized spacial score (nSPS) is 11.1. The number of nitrogens with zero attached hydrogens (tertiary/aromatic N) is 4. The van der Waals surface area contributed by atoms with Gasteiger partial charge in [0.2, 0.25) is 0 Å². The number of hydrogen-bond donors (Lipinski definition) is 0. The first kappa shape index (κ1) is 29.0. The Bertz CT molecular complexity index is 2220. The molecule has 6 nitrogen and oxygen atoms in total. The predicted octanol–water partition coefficient (Wildman–Crippen LogP) is 9.93. The van der Waals surface area contributed by atoms with Crippen LogP contribution in [0.25, 0.3) is 78.2 Å². The summed E-state index contributed by atoms with van der Waals surface area (Å²) in [5.74, 6) is 1.39. The van der Waals surface area contributed by atoms with Crippen LogP contribution in [0, 0.1) is 0 Å². The van der Waals surface area contributed by atoms with E-state index in [1.807, 2.05) is 72.8 Å². The van der Waals surface area contributed by atoms with Crippen molar-refractivity contribution < 1.29 is 9.47 Å². The van der Waals surface area contributed by atoms with Gasteiger partial charge in [-0.15, -0.1) is 0 Å². The lowest BCUT2D eigenvalue weighted by Crippen LogP contribution is -1.97. The van der Waals surface area contributed by atoms with E-state index in [1.54, 1.807) is 14.2 Å². The van der Waals surface area contributed by atoms with E-state index < -0.39 is 0 Å². The van der Waals surface area contributed by atoms with Gasteiger partial charge in [-0.2, -0.15) is 0 Å². The average molecular weight is 623 g/mol. The first-order valence-electron chi connectivity index (χ1n) is 15.7. The fourth-order valence-electron chi connectivity index (χ4n) is 6.07. The molecular formula is C42H30N4O2. The number of hydrogen-bond acceptors (Lipinski definition) is 6. The molecule has 48 heavy (non-hydrogen) atoms. The van der Waals surface area contributed by atoms with E-state index in [0.717, 1.165) is 78.2 Å². The zero-order valence-electron chi connectivity index (χ0n) is 26.5. The van der Waals surface area contributed by atoms with Crippen molar-refractivity contribution in [1.29, 1.82) is 0 Å². The quantitative estimate of drug-likeness (QED) is 0.176. The molecular weight excluding hydrogens is 592 g/mol. The molecule has 6 heteroatoms. The maximum absolute atomic E-state index is 5.63. The van der Waals surface area contributed by atoms with E-state index in [9.17, 15) is 0 Å². The van der Waals surface area contributed by atoms with Gasteiger partial charge in [0.25, 0.3) is 0 Å². The minimum Gasteiger partial charge on any atom is -0.494 e. The molecule has 0 fully saturated rings. The van der Waals surface area contributed by atoms with Crippen molar-refractivity contribution in [1.82, 2.24) is 19.9 Å². The number of fused-ring (bicyclic) bond motifs is 2. The molecule has 230 valence electrons. The zero-order chi connectivity index (χ0) is 32.5. The Balaban J connectivity index is 1.18. The minimum atomic E-state index is 0.697. The summed E-state index contributed by atoms with van der Waals surface area (Å²) in [5.41, 5.74) is 12.5. The summed E-state index contributed by atoms with van der Waals surface area (Å²) in [4.78, 5) is 20.3. The molecule has 0 bridgehead atoms. The smallest absolute Gasteiger partial charge is 0.146 e. The highest BCUT2D eigenvalue weighted by Gasteiger charge is 2.17. The maximum atomic E-state index is 5.63. The third kappa shape index (κ3) is 5.29. The van der Waals surface area contributed by atoms with Gasteiger partial charge >= 0.3 is 0 Å². The van der Waals surface area contributed by atoms with Crippen molar-refractivity contribution in [2.75, 3.05) is 14.2 Å². The largest absolute Gasteiger partial charge is 0.494 e. The molecule has 0 aliphatic rings. The maximum Gasteiger partial charge on any atom is 0.146 e. The number of benzene rings is 6. The SMILES string of the molecule is COc1cccc2nc(-c3ccccc3)c(-c3ccc(-c4ccc(-c5nc6c(OC)cccc6nc5-c5ccccc5)cc4)cc3)nc12. The van der Waals surface area contributed by atoms with Crippen LogP contribution in [0.5, 0.6) is 11.5 Å². The van der Waals surface area contributed by atoms with Crippen LogP contribution < -0.4 is 9.47 Å². The van der Waals surface area contributed by atoms with Gasteiger partial charge in [-0.25, -0.2) is 19.9 Å². The summed E-state index contributed by atoms with van der Waals surface area (Å²) in [5, 5.41) is 0. The molecule has 0 unspecified atom stereocenters. The van der Waals surface area contributed by atoms with E-state index in [0.29, 0.717) is 11.5 Å². The molecule has 0 saturated heterocycles. The van der Waals surface area contributed by atoms with Crippen LogP contribution in [-0.4, -0.2) is 34.2 Å². The number of aromatic nitrogens is 4. The van der Waals surface area contributed by atoms with Crippen molar-refractivity contribution in [3.05, 3.63) is 146 Å². The van der Waals surface area contributed by atoms with Crippen molar-refractivity contribution in [2.24, 2.45) is 0 Å². The van der Waals surface area contributed by atoms with Crippen molar-refractivity contribution in [3.63, 3.8) is 0 Å². The zero-order valence-corrected chi connectivity index (χ0v) is 26.5. The monoisotopic (exact) mass is 622 g/mol. The molecule has 2 aromatic heterocycles. The number of methoxy groups -OCH3 is 2. The second-order valence-corrected chi connectivity index (χ2v) is 11.4. The summed E-state index contributed by atoms with van der Waals surface area (Å²) in [7, 11) is 3.32. The van der Waals surface area contributed by atoms with Crippen LogP contribution in [0.3, 0.4) is 0 Å². The van der Waals surface area contributed by atoms with Crippen LogP contribution in [0.4, 0.5) is 0 Å². The Kier molecular flexibility index (Phi) is 7.51. The van der Waals surface area contributed by atoms with Gasteiger partial charge in [0.05, 0.1) is 48.0 Å². The van der Waals surface area contributed by atoms with Crippen LogP contribution in [-0.2, 0) is 0 Å². The minimum absolute atomic E-state index is 0.697. The summed E-state index contributed by atoms with van der Waals surface area (Å²) in [6, 6.07) is 48.9. The van der Waals surface area contributed by atoms with E-state index in [4.69, 9.17) is 29.4 Å². The fraction of sp³-hybridized carbons (Fsp3) is 0.0476. The molecule has 8 rings (SSSR count). The van der Waals surface area contributed by atoms with Crippen LogP contribution in [0.15, 0.2) is 146 Å². The summed E-state index contributed by atoms with van der Waals surface area (Å²) in [6.07, 6.45) is 0. The highest BCUT2D eigenvalue weighted by Crippen LogP contribution is 2.37. The summed E-state index contributed by atoms with van der Waals surface area (Å²) in [6.45, 7) is 0. The van der Waals surface area contributed by atoms with Crippen LogP contribution in [0.1, 0.15) is 0 Å². The van der Waals surface area contributed by atoms with E-state index in [1.165, 1.54) is 0 Å². The van der Waals surface area contributed by atoms with Gasteiger partial charge in [0.1, 0.15) is 22.5 Å². The Morgan fingerprint density at radius 2 is 0.646 bits per heavy atom. The van der Waals surface area contributed by atoms with Crippen molar-refractivity contribution in [3.8, 4) is 67.7 Å². The molecule has 0 spiro atoms. The summed E-state index contributed by atoms with van der Waals surface area (Å²) < 4.78 is 11.3. The summed E-state index contributed by atoms with van der Waals surface area (Å²) >= 11 is 0. The lowest BCUT2D eigenvalue weighted by Gasteiger charge is -2.13. The van der Waals surface area contributed by atoms with Crippen molar-refractivity contribution >= 4 is 22.1 Å². The first-order valence-corrected chi connectivity index (χ1v) is 15.7. The molecule has 0 N–H and O–H groups in total. The Morgan fingerprint density at radius 1 is 0.312 bits per heavy atom. The Hall–Kier alpha value is -6.40. The third-order valence-electron chi connectivity index (χ3n) is 8.50. The predicted molar refractivity (Wildman–Crippen MR) is 193 cm³/mol. The van der Waals surface area contributed by atoms with Crippen molar-refractivity contribution in [2.45, 2.75) is 0 Å². The van der Waals surface area contributed by atoms with Gasteiger partial charge in [-0.05, 0) is 35.4 Å². The molecule has 0 atom stereocenters. The van der Waals surface area contributed by atoms with Gasteiger partial charge in [0, 0.05) is 22.3 Å². The highest BCUT2D eigenvalue weighted by atomic mass is 16.5. The second-order valence-electron chi connectivity index (χ2n) is 11.4. The van der Waals surface area contributed by atoms with Gasteiger partial charge in [-0.3, -0.25) is 0 Å². The van der Waals surface area contributed by atoms with E-state index >= 15 is 0 Å². The van der Waals surface area contributed by atoms with Crippen LogP contribution >= 0.6 is 0 Å².